The van der Waals surface area contributed by atoms with E-state index in [1.54, 1.807) is 35.5 Å². The highest BCUT2D eigenvalue weighted by Gasteiger charge is 2.08. The molecule has 2 heterocycles. The highest BCUT2D eigenvalue weighted by atomic mass is 16.4. The molecule has 20 heavy (non-hydrogen) atoms. The quantitative estimate of drug-likeness (QED) is 0.768. The predicted octanol–water partition coefficient (Wildman–Crippen LogP) is 1.11. The van der Waals surface area contributed by atoms with Crippen molar-refractivity contribution in [1.29, 1.82) is 0 Å². The van der Waals surface area contributed by atoms with Crippen molar-refractivity contribution in [3.8, 4) is 0 Å². The number of aromatic carboxylic acids is 1. The van der Waals surface area contributed by atoms with Gasteiger partial charge >= 0.3 is 5.97 Å². The molecule has 0 amide bonds. The predicted molar refractivity (Wildman–Crippen MR) is 71.4 cm³/mol. The molecule has 7 heteroatoms. The van der Waals surface area contributed by atoms with Crippen molar-refractivity contribution in [2.45, 2.75) is 13.0 Å². The first-order valence-corrected chi connectivity index (χ1v) is 6.16. The zero-order valence-corrected chi connectivity index (χ0v) is 10.9. The number of aryl methyl sites for hydroxylation is 3. The summed E-state index contributed by atoms with van der Waals surface area (Å²) in [7, 11) is 1.83. The number of nitrogens with zero attached hydrogens (tertiary/aromatic N) is 5. The van der Waals surface area contributed by atoms with E-state index >= 15 is 0 Å². The molecular weight excluding hydrogens is 258 g/mol. The van der Waals surface area contributed by atoms with E-state index < -0.39 is 5.97 Å². The van der Waals surface area contributed by atoms with Gasteiger partial charge in [-0.15, -0.1) is 0 Å². The molecule has 3 aromatic rings. The number of carboxylic acids is 1. The third kappa shape index (κ3) is 2.25. The van der Waals surface area contributed by atoms with E-state index in [2.05, 4.69) is 15.1 Å². The summed E-state index contributed by atoms with van der Waals surface area (Å²) in [6, 6.07) is 4.94. The van der Waals surface area contributed by atoms with Gasteiger partial charge in [-0.1, -0.05) is 0 Å². The second-order valence-electron chi connectivity index (χ2n) is 4.53. The van der Waals surface area contributed by atoms with Crippen LogP contribution in [0.1, 0.15) is 16.2 Å². The lowest BCUT2D eigenvalue weighted by Crippen LogP contribution is -2.02. The summed E-state index contributed by atoms with van der Waals surface area (Å²) in [5, 5.41) is 13.2. The fraction of sp³-hybridized carbons (Fsp3) is 0.231. The van der Waals surface area contributed by atoms with Crippen LogP contribution in [0, 0.1) is 0 Å². The number of carbonyl (C=O) groups is 1. The van der Waals surface area contributed by atoms with Gasteiger partial charge in [0.15, 0.2) is 5.82 Å². The van der Waals surface area contributed by atoms with Gasteiger partial charge in [0.25, 0.3) is 0 Å². The van der Waals surface area contributed by atoms with Crippen molar-refractivity contribution in [1.82, 2.24) is 24.3 Å². The van der Waals surface area contributed by atoms with Crippen LogP contribution in [0.25, 0.3) is 11.0 Å². The van der Waals surface area contributed by atoms with Crippen molar-refractivity contribution < 1.29 is 9.90 Å². The molecule has 0 saturated heterocycles. The molecule has 0 bridgehead atoms. The van der Waals surface area contributed by atoms with Gasteiger partial charge in [-0.2, -0.15) is 5.10 Å². The van der Waals surface area contributed by atoms with E-state index in [4.69, 9.17) is 5.11 Å². The fourth-order valence-corrected chi connectivity index (χ4v) is 2.09. The second kappa shape index (κ2) is 4.76. The lowest BCUT2D eigenvalue weighted by atomic mass is 10.2. The van der Waals surface area contributed by atoms with Gasteiger partial charge in [-0.3, -0.25) is 4.68 Å². The summed E-state index contributed by atoms with van der Waals surface area (Å²) in [6.45, 7) is 0.701. The fourth-order valence-electron chi connectivity index (χ4n) is 2.09. The first kappa shape index (κ1) is 12.3. The Bertz CT molecular complexity index is 774. The van der Waals surface area contributed by atoms with Crippen LogP contribution in [0.5, 0.6) is 0 Å². The Morgan fingerprint density at radius 1 is 1.30 bits per heavy atom. The summed E-state index contributed by atoms with van der Waals surface area (Å²) < 4.78 is 3.64. The van der Waals surface area contributed by atoms with Gasteiger partial charge < -0.3 is 9.67 Å². The van der Waals surface area contributed by atoms with Gasteiger partial charge in [-0.25, -0.2) is 14.8 Å². The van der Waals surface area contributed by atoms with Crippen LogP contribution in [0.2, 0.25) is 0 Å². The second-order valence-corrected chi connectivity index (χ2v) is 4.53. The largest absolute Gasteiger partial charge is 0.478 e. The standard InChI is InChI=1S/C13H13N5O2/c1-17-7-15-12(16-17)4-5-18-8-14-10-6-9(13(19)20)2-3-11(10)18/h2-3,6-8H,4-5H2,1H3,(H,19,20). The van der Waals surface area contributed by atoms with Crippen molar-refractivity contribution in [3.63, 3.8) is 0 Å². The van der Waals surface area contributed by atoms with Crippen LogP contribution in [-0.4, -0.2) is 35.4 Å². The highest BCUT2D eigenvalue weighted by Crippen LogP contribution is 2.15. The summed E-state index contributed by atoms with van der Waals surface area (Å²) in [6.07, 6.45) is 4.08. The Labute approximate surface area is 114 Å². The minimum absolute atomic E-state index is 0.245. The maximum absolute atomic E-state index is 10.9. The third-order valence-corrected chi connectivity index (χ3v) is 3.09. The zero-order chi connectivity index (χ0) is 14.1. The first-order valence-electron chi connectivity index (χ1n) is 6.16. The van der Waals surface area contributed by atoms with Gasteiger partial charge in [0.2, 0.25) is 0 Å². The van der Waals surface area contributed by atoms with Crippen LogP contribution in [0.15, 0.2) is 30.9 Å². The lowest BCUT2D eigenvalue weighted by Gasteiger charge is -2.02. The number of carboxylic acid groups (broad SMARTS) is 1. The lowest BCUT2D eigenvalue weighted by molar-refractivity contribution is 0.0697. The Morgan fingerprint density at radius 2 is 2.15 bits per heavy atom. The van der Waals surface area contributed by atoms with E-state index in [0.29, 0.717) is 18.5 Å². The van der Waals surface area contributed by atoms with E-state index in [9.17, 15) is 4.79 Å². The van der Waals surface area contributed by atoms with E-state index in [-0.39, 0.29) is 5.56 Å². The van der Waals surface area contributed by atoms with Crippen molar-refractivity contribution in [3.05, 3.63) is 42.2 Å². The van der Waals surface area contributed by atoms with Gasteiger partial charge in [-0.05, 0) is 18.2 Å². The maximum atomic E-state index is 10.9. The molecule has 0 unspecified atom stereocenters. The third-order valence-electron chi connectivity index (χ3n) is 3.09. The van der Waals surface area contributed by atoms with E-state index in [1.807, 2.05) is 11.6 Å². The van der Waals surface area contributed by atoms with Crippen molar-refractivity contribution >= 4 is 17.0 Å². The molecule has 0 atom stereocenters. The molecule has 0 radical (unpaired) electrons. The monoisotopic (exact) mass is 271 g/mol. The Morgan fingerprint density at radius 3 is 2.85 bits per heavy atom. The molecule has 0 aliphatic rings. The molecule has 0 aliphatic carbocycles. The van der Waals surface area contributed by atoms with Gasteiger partial charge in [0.05, 0.1) is 22.9 Å². The van der Waals surface area contributed by atoms with E-state index in [0.717, 1.165) is 11.3 Å². The summed E-state index contributed by atoms with van der Waals surface area (Å²) in [5.41, 5.74) is 1.83. The topological polar surface area (TPSA) is 85.8 Å². The number of hydrogen-bond acceptors (Lipinski definition) is 4. The van der Waals surface area contributed by atoms with Crippen LogP contribution < -0.4 is 0 Å². The normalized spacial score (nSPS) is 11.1. The van der Waals surface area contributed by atoms with E-state index in [1.165, 1.54) is 0 Å². The van der Waals surface area contributed by atoms with Crippen LogP contribution in [-0.2, 0) is 20.0 Å². The minimum Gasteiger partial charge on any atom is -0.478 e. The average molecular weight is 271 g/mol. The molecule has 1 N–H and O–H groups in total. The van der Waals surface area contributed by atoms with Crippen LogP contribution in [0.3, 0.4) is 0 Å². The number of hydrogen-bond donors (Lipinski definition) is 1. The Hall–Kier alpha value is -2.70. The molecule has 7 nitrogen and oxygen atoms in total. The van der Waals surface area contributed by atoms with Gasteiger partial charge in [0.1, 0.15) is 6.33 Å². The molecule has 1 aromatic carbocycles. The number of aromatic nitrogens is 5. The molecular formula is C13H13N5O2. The number of fused-ring (bicyclic) bond motifs is 1. The molecule has 2 aromatic heterocycles. The molecule has 0 spiro atoms. The average Bonchev–Trinajstić information content (AvgIpc) is 3.02. The molecule has 0 fully saturated rings. The van der Waals surface area contributed by atoms with Crippen molar-refractivity contribution in [2.75, 3.05) is 0 Å². The molecule has 102 valence electrons. The minimum atomic E-state index is -0.945. The number of benzene rings is 1. The maximum Gasteiger partial charge on any atom is 0.335 e. The summed E-state index contributed by atoms with van der Waals surface area (Å²) in [4.78, 5) is 19.3. The zero-order valence-electron chi connectivity index (χ0n) is 10.9. The summed E-state index contributed by atoms with van der Waals surface area (Å²) in [5.74, 6) is -0.171. The Kier molecular flexibility index (Phi) is 2.94. The number of imidazole rings is 1. The first-order chi connectivity index (χ1) is 9.63. The number of rotatable bonds is 4. The van der Waals surface area contributed by atoms with Gasteiger partial charge in [0, 0.05) is 20.0 Å². The SMILES string of the molecule is Cn1cnc(CCn2cnc3cc(C(=O)O)ccc32)n1. The smallest absolute Gasteiger partial charge is 0.335 e. The van der Waals surface area contributed by atoms with Crippen LogP contribution in [0.4, 0.5) is 0 Å². The van der Waals surface area contributed by atoms with Crippen molar-refractivity contribution in [2.24, 2.45) is 7.05 Å². The van der Waals surface area contributed by atoms with Crippen LogP contribution >= 0.6 is 0 Å². The molecule has 0 saturated carbocycles. The Balaban J connectivity index is 1.83. The summed E-state index contributed by atoms with van der Waals surface area (Å²) >= 11 is 0. The molecule has 0 aliphatic heterocycles. The highest BCUT2D eigenvalue weighted by molar-refractivity contribution is 5.92. The molecule has 3 rings (SSSR count).